The Bertz CT molecular complexity index is 796. The van der Waals surface area contributed by atoms with Gasteiger partial charge in [-0.05, 0) is 12.5 Å². The van der Waals surface area contributed by atoms with Crippen molar-refractivity contribution in [3.05, 3.63) is 38.4 Å². The third kappa shape index (κ3) is 6.80. The van der Waals surface area contributed by atoms with Gasteiger partial charge in [0.1, 0.15) is 11.7 Å². The van der Waals surface area contributed by atoms with Crippen LogP contribution in [0.3, 0.4) is 0 Å². The van der Waals surface area contributed by atoms with Crippen molar-refractivity contribution in [3.63, 3.8) is 0 Å². The van der Waals surface area contributed by atoms with Crippen LogP contribution in [-0.2, 0) is 14.4 Å². The van der Waals surface area contributed by atoms with Gasteiger partial charge >= 0.3 is 5.97 Å². The van der Waals surface area contributed by atoms with E-state index in [2.05, 4.69) is 5.32 Å². The standard InChI is InChI=1S/C12H15N3O6.C4H5NO3/c1-2-3-4-10(12(16)17)13-9-6-5-8(14(18)19)7-11(9)15(20)21;6-3-1-2-4(7)5(3)8/h5-7,10,13H,2-4H2,1H3,(H,16,17);8H,1-2H2. The molecule has 0 aliphatic carbocycles. The molecule has 1 saturated heterocycles. The van der Waals surface area contributed by atoms with Gasteiger partial charge in [0.25, 0.3) is 23.2 Å². The molecule has 1 aromatic rings. The number of hydrogen-bond donors (Lipinski definition) is 3. The Hall–Kier alpha value is -3.61. The first-order valence-corrected chi connectivity index (χ1v) is 8.55. The van der Waals surface area contributed by atoms with Gasteiger partial charge in [0.05, 0.1) is 15.9 Å². The summed E-state index contributed by atoms with van der Waals surface area (Å²) in [5.41, 5.74) is -0.992. The average Bonchev–Trinajstić information content (AvgIpc) is 2.96. The number of anilines is 1. The van der Waals surface area contributed by atoms with E-state index >= 15 is 0 Å². The molecule has 13 nitrogen and oxygen atoms in total. The summed E-state index contributed by atoms with van der Waals surface area (Å²) in [7, 11) is 0. The number of benzene rings is 1. The van der Waals surface area contributed by atoms with Crippen molar-refractivity contribution in [2.24, 2.45) is 0 Å². The zero-order chi connectivity index (χ0) is 22.1. The lowest BCUT2D eigenvalue weighted by molar-refractivity contribution is -0.393. The van der Waals surface area contributed by atoms with Crippen molar-refractivity contribution in [2.45, 2.75) is 45.1 Å². The highest BCUT2D eigenvalue weighted by Crippen LogP contribution is 2.29. The van der Waals surface area contributed by atoms with Gasteiger partial charge in [-0.15, -0.1) is 0 Å². The van der Waals surface area contributed by atoms with Crippen molar-refractivity contribution in [2.75, 3.05) is 5.32 Å². The van der Waals surface area contributed by atoms with Crippen LogP contribution in [0.4, 0.5) is 17.1 Å². The summed E-state index contributed by atoms with van der Waals surface area (Å²) >= 11 is 0. The molecule has 1 heterocycles. The molecule has 1 aliphatic heterocycles. The molecule has 0 radical (unpaired) electrons. The highest BCUT2D eigenvalue weighted by molar-refractivity contribution is 6.00. The lowest BCUT2D eigenvalue weighted by Gasteiger charge is -2.15. The Morgan fingerprint density at radius 1 is 1.21 bits per heavy atom. The topological polar surface area (TPSA) is 193 Å². The van der Waals surface area contributed by atoms with Crippen molar-refractivity contribution in [1.82, 2.24) is 5.06 Å². The van der Waals surface area contributed by atoms with Crippen LogP contribution in [0.15, 0.2) is 18.2 Å². The minimum atomic E-state index is -1.13. The number of rotatable bonds is 8. The number of hydroxylamine groups is 2. The van der Waals surface area contributed by atoms with E-state index in [9.17, 15) is 34.6 Å². The Morgan fingerprint density at radius 3 is 2.17 bits per heavy atom. The smallest absolute Gasteiger partial charge is 0.326 e. The Morgan fingerprint density at radius 2 is 1.79 bits per heavy atom. The number of imide groups is 1. The molecule has 0 aromatic heterocycles. The molecule has 0 bridgehead atoms. The molecule has 1 unspecified atom stereocenters. The van der Waals surface area contributed by atoms with Crippen LogP contribution in [0.5, 0.6) is 0 Å². The van der Waals surface area contributed by atoms with Crippen LogP contribution in [-0.4, -0.2) is 49.0 Å². The maximum Gasteiger partial charge on any atom is 0.326 e. The molecule has 3 N–H and O–H groups in total. The first kappa shape index (κ1) is 23.4. The first-order chi connectivity index (χ1) is 13.6. The van der Waals surface area contributed by atoms with E-state index in [0.29, 0.717) is 12.8 Å². The lowest BCUT2D eigenvalue weighted by atomic mass is 10.1. The van der Waals surface area contributed by atoms with Crippen LogP contribution < -0.4 is 5.32 Å². The monoisotopic (exact) mass is 412 g/mol. The number of nitro groups is 2. The van der Waals surface area contributed by atoms with E-state index in [4.69, 9.17) is 10.3 Å². The Kier molecular flexibility index (Phi) is 8.61. The summed E-state index contributed by atoms with van der Waals surface area (Å²) in [5.74, 6) is -2.14. The molecule has 158 valence electrons. The van der Waals surface area contributed by atoms with Gasteiger partial charge in [0.2, 0.25) is 0 Å². The van der Waals surface area contributed by atoms with E-state index in [-0.39, 0.29) is 23.6 Å². The maximum atomic E-state index is 11.1. The molecule has 2 rings (SSSR count). The second kappa shape index (κ2) is 10.7. The molecule has 29 heavy (non-hydrogen) atoms. The van der Waals surface area contributed by atoms with Crippen LogP contribution >= 0.6 is 0 Å². The fourth-order valence-electron chi connectivity index (χ4n) is 2.32. The average molecular weight is 412 g/mol. The minimum Gasteiger partial charge on any atom is -0.480 e. The molecule has 1 aliphatic rings. The summed E-state index contributed by atoms with van der Waals surface area (Å²) in [6, 6.07) is 2.07. The molecular formula is C16H20N4O9. The molecular weight excluding hydrogens is 392 g/mol. The minimum absolute atomic E-state index is 0.0471. The number of carbonyl (C=O) groups excluding carboxylic acids is 2. The maximum absolute atomic E-state index is 11.1. The number of nitro benzene ring substituents is 2. The molecule has 2 amide bonds. The SMILES string of the molecule is CCCCC(Nc1ccc([N+](=O)[O-])cc1[N+](=O)[O-])C(=O)O.O=C1CCC(=O)N1O. The van der Waals surface area contributed by atoms with Crippen molar-refractivity contribution in [1.29, 1.82) is 0 Å². The molecule has 0 spiro atoms. The summed E-state index contributed by atoms with van der Waals surface area (Å²) in [5, 5.41) is 41.8. The summed E-state index contributed by atoms with van der Waals surface area (Å²) in [6.45, 7) is 1.90. The third-order valence-corrected chi connectivity index (χ3v) is 3.89. The van der Waals surface area contributed by atoms with Crippen LogP contribution in [0.1, 0.15) is 39.0 Å². The van der Waals surface area contributed by atoms with Gasteiger partial charge in [-0.25, -0.2) is 4.79 Å². The van der Waals surface area contributed by atoms with Gasteiger partial charge in [-0.2, -0.15) is 5.06 Å². The number of amides is 2. The molecule has 1 atom stereocenters. The Balaban J connectivity index is 0.000000436. The molecule has 0 saturated carbocycles. The number of aliphatic carboxylic acids is 1. The zero-order valence-electron chi connectivity index (χ0n) is 15.4. The number of nitrogens with one attached hydrogen (secondary N) is 1. The van der Waals surface area contributed by atoms with Gasteiger partial charge in [0.15, 0.2) is 0 Å². The summed E-state index contributed by atoms with van der Waals surface area (Å²) in [4.78, 5) is 51.7. The van der Waals surface area contributed by atoms with Crippen LogP contribution in [0, 0.1) is 20.2 Å². The van der Waals surface area contributed by atoms with Crippen molar-refractivity contribution >= 4 is 34.8 Å². The number of nitrogens with zero attached hydrogens (tertiary/aromatic N) is 3. The highest BCUT2D eigenvalue weighted by Gasteiger charge is 2.27. The summed E-state index contributed by atoms with van der Waals surface area (Å²) in [6.07, 6.45) is 2.03. The normalized spacial score (nSPS) is 14.1. The fraction of sp³-hybridized carbons (Fsp3) is 0.438. The highest BCUT2D eigenvalue weighted by atomic mass is 16.6. The fourth-order valence-corrected chi connectivity index (χ4v) is 2.32. The van der Waals surface area contributed by atoms with Gasteiger partial charge in [0, 0.05) is 18.9 Å². The van der Waals surface area contributed by atoms with E-state index in [0.717, 1.165) is 24.6 Å². The zero-order valence-corrected chi connectivity index (χ0v) is 15.4. The number of hydrogen-bond acceptors (Lipinski definition) is 9. The van der Waals surface area contributed by atoms with Crippen molar-refractivity contribution in [3.8, 4) is 0 Å². The Labute approximate surface area is 164 Å². The molecule has 13 heteroatoms. The lowest BCUT2D eigenvalue weighted by Crippen LogP contribution is -2.29. The van der Waals surface area contributed by atoms with E-state index < -0.39 is 45.0 Å². The van der Waals surface area contributed by atoms with E-state index in [1.54, 1.807) is 0 Å². The first-order valence-electron chi connectivity index (χ1n) is 8.55. The molecule has 1 aromatic carbocycles. The number of non-ortho nitro benzene ring substituents is 1. The third-order valence-electron chi connectivity index (χ3n) is 3.89. The van der Waals surface area contributed by atoms with Crippen molar-refractivity contribution < 1.29 is 34.5 Å². The second-order valence-corrected chi connectivity index (χ2v) is 5.99. The molecule has 1 fully saturated rings. The van der Waals surface area contributed by atoms with E-state index in [1.165, 1.54) is 0 Å². The number of carboxylic acids is 1. The van der Waals surface area contributed by atoms with Crippen LogP contribution in [0.25, 0.3) is 0 Å². The predicted molar refractivity (Wildman–Crippen MR) is 97.2 cm³/mol. The predicted octanol–water partition coefficient (Wildman–Crippen LogP) is 2.08. The second-order valence-electron chi connectivity index (χ2n) is 5.99. The van der Waals surface area contributed by atoms with Gasteiger partial charge < -0.3 is 10.4 Å². The number of carbonyl (C=O) groups is 3. The van der Waals surface area contributed by atoms with E-state index in [1.807, 2.05) is 6.92 Å². The van der Waals surface area contributed by atoms with Gasteiger partial charge in [-0.1, -0.05) is 19.8 Å². The quantitative estimate of drug-likeness (QED) is 0.246. The van der Waals surface area contributed by atoms with Gasteiger partial charge in [-0.3, -0.25) is 35.0 Å². The summed E-state index contributed by atoms with van der Waals surface area (Å²) < 4.78 is 0. The number of carboxylic acid groups (broad SMARTS) is 1. The van der Waals surface area contributed by atoms with Crippen LogP contribution in [0.2, 0.25) is 0 Å². The largest absolute Gasteiger partial charge is 0.480 e. The number of unbranched alkanes of at least 4 members (excludes halogenated alkanes) is 1.